The molecule has 0 radical (unpaired) electrons. The maximum Gasteiger partial charge on any atom is 0.149 e. The quantitative estimate of drug-likeness (QED) is 0.188. The molecule has 2 heterocycles. The maximum atomic E-state index is 12.6. The Balaban J connectivity index is 1.39. The molecule has 6 aromatic carbocycles. The molecule has 330 valence electrons. The second-order valence-corrected chi connectivity index (χ2v) is 23.0. The summed E-state index contributed by atoms with van der Waals surface area (Å²) < 4.78 is 2.31. The first-order valence-corrected chi connectivity index (χ1v) is 23.3. The van der Waals surface area contributed by atoms with E-state index in [0.29, 0.717) is 5.82 Å². The molecule has 1 N–H and O–H groups in total. The van der Waals surface area contributed by atoms with Gasteiger partial charge in [-0.05, 0) is 109 Å². The van der Waals surface area contributed by atoms with Crippen molar-refractivity contribution in [3.8, 4) is 67.5 Å². The molecular weight excluding hydrogens is 791 g/mol. The molecule has 0 fully saturated rings. The van der Waals surface area contributed by atoms with Crippen molar-refractivity contribution in [2.24, 2.45) is 0 Å². The van der Waals surface area contributed by atoms with Crippen molar-refractivity contribution in [3.63, 3.8) is 0 Å². The SMILES string of the molecule is CC(C)(C)c1cc(-c2nccc3c2-c2ccccc2C3(C)C)cc(-c2cccc3c2nc(-c2cc(C(C)(C)C)cc(C(C)(C)C)c2O)n3-c2ccc(C(C)(C)C)cc2-c2ccccc2)c1. The Morgan fingerprint density at radius 2 is 1.11 bits per heavy atom. The van der Waals surface area contributed by atoms with Crippen molar-refractivity contribution < 1.29 is 5.11 Å². The maximum absolute atomic E-state index is 12.6. The predicted molar refractivity (Wildman–Crippen MR) is 275 cm³/mol. The van der Waals surface area contributed by atoms with E-state index in [2.05, 4.69) is 229 Å². The normalized spacial score (nSPS) is 13.9. The summed E-state index contributed by atoms with van der Waals surface area (Å²) in [5.41, 5.74) is 18.7. The van der Waals surface area contributed by atoms with E-state index in [1.165, 1.54) is 33.4 Å². The number of hydrogen-bond acceptors (Lipinski definition) is 3. The molecule has 1 aliphatic rings. The van der Waals surface area contributed by atoms with E-state index < -0.39 is 0 Å². The zero-order valence-corrected chi connectivity index (χ0v) is 41.0. The molecule has 9 rings (SSSR count). The van der Waals surface area contributed by atoms with Crippen LogP contribution in [0.4, 0.5) is 0 Å². The first-order valence-electron chi connectivity index (χ1n) is 23.3. The Hall–Kier alpha value is -6.26. The van der Waals surface area contributed by atoms with E-state index in [9.17, 15) is 5.11 Å². The van der Waals surface area contributed by atoms with E-state index in [-0.39, 0.29) is 32.8 Å². The fourth-order valence-corrected chi connectivity index (χ4v) is 9.83. The second-order valence-electron chi connectivity index (χ2n) is 23.0. The fourth-order valence-electron chi connectivity index (χ4n) is 9.83. The Morgan fingerprint density at radius 3 is 1.78 bits per heavy atom. The van der Waals surface area contributed by atoms with Crippen LogP contribution in [0.1, 0.15) is 130 Å². The molecule has 2 aromatic heterocycles. The van der Waals surface area contributed by atoms with Gasteiger partial charge in [0.25, 0.3) is 0 Å². The molecule has 0 spiro atoms. The monoisotopic (exact) mass is 856 g/mol. The summed E-state index contributed by atoms with van der Waals surface area (Å²) in [7, 11) is 0. The highest BCUT2D eigenvalue weighted by molar-refractivity contribution is 5.99. The van der Waals surface area contributed by atoms with E-state index >= 15 is 0 Å². The van der Waals surface area contributed by atoms with Gasteiger partial charge < -0.3 is 5.11 Å². The summed E-state index contributed by atoms with van der Waals surface area (Å²) in [6.45, 7) is 31.6. The van der Waals surface area contributed by atoms with Crippen molar-refractivity contribution in [1.82, 2.24) is 14.5 Å². The molecule has 1 aliphatic carbocycles. The van der Waals surface area contributed by atoms with Gasteiger partial charge in [0.2, 0.25) is 0 Å². The lowest BCUT2D eigenvalue weighted by atomic mass is 9.79. The van der Waals surface area contributed by atoms with Crippen LogP contribution in [0.2, 0.25) is 0 Å². The lowest BCUT2D eigenvalue weighted by Gasteiger charge is -2.28. The molecule has 0 atom stereocenters. The molecule has 8 aromatic rings. The molecule has 0 aliphatic heterocycles. The van der Waals surface area contributed by atoms with Gasteiger partial charge in [0.1, 0.15) is 11.6 Å². The zero-order valence-electron chi connectivity index (χ0n) is 41.0. The average molecular weight is 856 g/mol. The molecule has 0 saturated carbocycles. The number of hydrogen-bond donors (Lipinski definition) is 1. The van der Waals surface area contributed by atoms with E-state index in [4.69, 9.17) is 9.97 Å². The Kier molecular flexibility index (Phi) is 10.3. The van der Waals surface area contributed by atoms with Gasteiger partial charge >= 0.3 is 0 Å². The number of aromatic nitrogens is 3. The Morgan fingerprint density at radius 1 is 0.492 bits per heavy atom. The Labute approximate surface area is 387 Å². The van der Waals surface area contributed by atoms with Gasteiger partial charge in [-0.15, -0.1) is 0 Å². The topological polar surface area (TPSA) is 50.9 Å². The average Bonchev–Trinajstić information content (AvgIpc) is 3.74. The highest BCUT2D eigenvalue weighted by Gasteiger charge is 2.37. The van der Waals surface area contributed by atoms with Crippen LogP contribution in [0, 0.1) is 0 Å². The number of benzene rings is 6. The van der Waals surface area contributed by atoms with Gasteiger partial charge in [-0.3, -0.25) is 9.55 Å². The van der Waals surface area contributed by atoms with Gasteiger partial charge in [0.05, 0.1) is 28.0 Å². The zero-order chi connectivity index (χ0) is 46.6. The highest BCUT2D eigenvalue weighted by Crippen LogP contribution is 2.52. The number of rotatable bonds is 5. The number of para-hydroxylation sites is 1. The third kappa shape index (κ3) is 7.59. The number of aromatic hydroxyl groups is 1. The van der Waals surface area contributed by atoms with Crippen molar-refractivity contribution in [3.05, 3.63) is 167 Å². The van der Waals surface area contributed by atoms with Crippen LogP contribution >= 0.6 is 0 Å². The minimum Gasteiger partial charge on any atom is -0.507 e. The van der Waals surface area contributed by atoms with Gasteiger partial charge in [-0.2, -0.15) is 0 Å². The van der Waals surface area contributed by atoms with Gasteiger partial charge in [0, 0.05) is 39.4 Å². The number of phenolic OH excluding ortho intramolecular Hbond substituents is 1. The smallest absolute Gasteiger partial charge is 0.149 e. The lowest BCUT2D eigenvalue weighted by molar-refractivity contribution is 0.446. The number of imidazole rings is 1. The molecule has 0 saturated heterocycles. The van der Waals surface area contributed by atoms with Crippen molar-refractivity contribution in [1.29, 1.82) is 0 Å². The summed E-state index contributed by atoms with van der Waals surface area (Å²) in [6, 6.07) is 46.5. The molecule has 65 heavy (non-hydrogen) atoms. The van der Waals surface area contributed by atoms with Crippen LogP contribution in [0.15, 0.2) is 134 Å². The van der Waals surface area contributed by atoms with Crippen LogP contribution in [-0.2, 0) is 27.1 Å². The van der Waals surface area contributed by atoms with Crippen LogP contribution in [0.25, 0.3) is 72.7 Å². The number of phenols is 1. The molecular formula is C61H65N3O. The van der Waals surface area contributed by atoms with Crippen molar-refractivity contribution in [2.45, 2.75) is 124 Å². The van der Waals surface area contributed by atoms with Crippen LogP contribution < -0.4 is 0 Å². The molecule has 4 nitrogen and oxygen atoms in total. The van der Waals surface area contributed by atoms with Crippen LogP contribution in [0.3, 0.4) is 0 Å². The standard InChI is InChI=1S/C61H65N3O/c1-57(2,3)40-27-28-50(45(34-40)37-21-16-15-17-22-37)64-51-26-20-24-43(54(51)63-56(64)46-35-42(59(7,8)9)36-49(55(46)65)60(10,11)12)38-31-39(33-41(32-38)58(4,5)6)53-52-44-23-18-19-25-47(44)61(13,14)48(52)29-30-62-53/h15-36,65H,1-14H3. The number of fused-ring (bicyclic) bond motifs is 4. The van der Waals surface area contributed by atoms with Crippen molar-refractivity contribution in [2.75, 3.05) is 0 Å². The largest absolute Gasteiger partial charge is 0.507 e. The molecule has 4 heteroatoms. The molecule has 0 amide bonds. The number of nitrogens with zero attached hydrogens (tertiary/aromatic N) is 3. The van der Waals surface area contributed by atoms with E-state index in [1.807, 2.05) is 6.20 Å². The molecule has 0 unspecified atom stereocenters. The first kappa shape index (κ1) is 44.0. The van der Waals surface area contributed by atoms with Crippen molar-refractivity contribution >= 4 is 11.0 Å². The summed E-state index contributed by atoms with van der Waals surface area (Å²) in [5, 5.41) is 12.6. The van der Waals surface area contributed by atoms with E-state index in [1.54, 1.807) is 0 Å². The van der Waals surface area contributed by atoms with Gasteiger partial charge in [0.15, 0.2) is 0 Å². The highest BCUT2D eigenvalue weighted by atomic mass is 16.3. The van der Waals surface area contributed by atoms with Gasteiger partial charge in [-0.1, -0.05) is 182 Å². The summed E-state index contributed by atoms with van der Waals surface area (Å²) in [4.78, 5) is 10.9. The minimum absolute atomic E-state index is 0.0721. The van der Waals surface area contributed by atoms with Crippen LogP contribution in [-0.4, -0.2) is 19.6 Å². The van der Waals surface area contributed by atoms with Crippen LogP contribution in [0.5, 0.6) is 5.75 Å². The summed E-state index contributed by atoms with van der Waals surface area (Å²) in [6.07, 6.45) is 1.99. The predicted octanol–water partition coefficient (Wildman–Crippen LogP) is 16.3. The summed E-state index contributed by atoms with van der Waals surface area (Å²) in [5.74, 6) is 0.969. The third-order valence-corrected chi connectivity index (χ3v) is 13.8. The number of pyridine rings is 1. The molecule has 0 bridgehead atoms. The Bertz CT molecular complexity index is 3150. The van der Waals surface area contributed by atoms with Gasteiger partial charge in [-0.25, -0.2) is 4.98 Å². The third-order valence-electron chi connectivity index (χ3n) is 13.8. The summed E-state index contributed by atoms with van der Waals surface area (Å²) >= 11 is 0. The second kappa shape index (κ2) is 15.2. The fraction of sp³-hybridized carbons (Fsp3) is 0.311. The first-order chi connectivity index (χ1) is 30.4. The lowest BCUT2D eigenvalue weighted by Crippen LogP contribution is -2.17. The minimum atomic E-state index is -0.323. The van der Waals surface area contributed by atoms with E-state index in [0.717, 1.165) is 66.9 Å².